The van der Waals surface area contributed by atoms with Gasteiger partial charge in [-0.05, 0) is 15.9 Å². The second-order valence-electron chi connectivity index (χ2n) is 4.60. The SMILES string of the molecule is Cn1cnnc1SCCn1c(Br)nc2c1c(=O)[nH]c(=O)n2C. The van der Waals surface area contributed by atoms with Crippen molar-refractivity contribution in [2.75, 3.05) is 5.75 Å². The third-order valence-electron chi connectivity index (χ3n) is 3.18. The summed E-state index contributed by atoms with van der Waals surface area (Å²) in [6.07, 6.45) is 1.63. The number of halogens is 1. The average Bonchev–Trinajstić information content (AvgIpc) is 3.01. The molecule has 0 aliphatic rings. The number of hydrogen-bond acceptors (Lipinski definition) is 6. The molecule has 0 amide bonds. The highest BCUT2D eigenvalue weighted by atomic mass is 79.9. The Labute approximate surface area is 136 Å². The monoisotopic (exact) mass is 385 g/mol. The van der Waals surface area contributed by atoms with Crippen LogP contribution < -0.4 is 11.2 Å². The first-order valence-corrected chi connectivity index (χ1v) is 8.08. The van der Waals surface area contributed by atoms with Gasteiger partial charge in [-0.2, -0.15) is 0 Å². The predicted molar refractivity (Wildman–Crippen MR) is 85.0 cm³/mol. The Kier molecular flexibility index (Phi) is 3.91. The maximum absolute atomic E-state index is 12.0. The fourth-order valence-electron chi connectivity index (χ4n) is 2.04. The Balaban J connectivity index is 1.93. The summed E-state index contributed by atoms with van der Waals surface area (Å²) in [5, 5.41) is 8.59. The molecule has 3 rings (SSSR count). The van der Waals surface area contributed by atoms with Crippen molar-refractivity contribution >= 4 is 38.9 Å². The average molecular weight is 386 g/mol. The van der Waals surface area contributed by atoms with Crippen LogP contribution in [0.25, 0.3) is 11.2 Å². The third kappa shape index (κ3) is 2.50. The van der Waals surface area contributed by atoms with E-state index in [0.29, 0.717) is 28.2 Å². The molecule has 0 aliphatic heterocycles. The maximum Gasteiger partial charge on any atom is 0.329 e. The fourth-order valence-corrected chi connectivity index (χ4v) is 3.38. The smallest absolute Gasteiger partial charge is 0.312 e. The molecule has 3 aromatic heterocycles. The lowest BCUT2D eigenvalue weighted by atomic mass is 10.5. The highest BCUT2D eigenvalue weighted by Crippen LogP contribution is 2.19. The first kappa shape index (κ1) is 15.0. The summed E-state index contributed by atoms with van der Waals surface area (Å²) in [5.74, 6) is 0.679. The highest BCUT2D eigenvalue weighted by Gasteiger charge is 2.15. The standard InChI is InChI=1S/C11H12BrN7O2S/c1-17-5-13-16-11(17)22-4-3-19-6-7(14-9(19)12)18(2)10(21)15-8(6)20/h5H,3-4H2,1-2H3,(H,15,20,21). The lowest BCUT2D eigenvalue weighted by Gasteiger charge is -2.05. The molecule has 0 bridgehead atoms. The molecule has 0 unspecified atom stereocenters. The summed E-state index contributed by atoms with van der Waals surface area (Å²) in [6, 6.07) is 0. The quantitative estimate of drug-likeness (QED) is 0.504. The normalized spacial score (nSPS) is 11.4. The van der Waals surface area contributed by atoms with Gasteiger partial charge in [0.05, 0.1) is 0 Å². The summed E-state index contributed by atoms with van der Waals surface area (Å²) in [5.41, 5.74) is -0.208. The van der Waals surface area contributed by atoms with Crippen molar-refractivity contribution in [2.24, 2.45) is 14.1 Å². The molecule has 0 atom stereocenters. The van der Waals surface area contributed by atoms with E-state index in [1.807, 2.05) is 11.6 Å². The van der Waals surface area contributed by atoms with Crippen LogP contribution in [0.1, 0.15) is 0 Å². The van der Waals surface area contributed by atoms with E-state index in [4.69, 9.17) is 0 Å². The van der Waals surface area contributed by atoms with Crippen molar-refractivity contribution in [1.82, 2.24) is 33.9 Å². The van der Waals surface area contributed by atoms with Crippen LogP contribution in [-0.2, 0) is 20.6 Å². The number of aromatic amines is 1. The number of rotatable bonds is 4. The highest BCUT2D eigenvalue weighted by molar-refractivity contribution is 9.10. The number of fused-ring (bicyclic) bond motifs is 1. The molecule has 0 aliphatic carbocycles. The minimum atomic E-state index is -0.483. The van der Waals surface area contributed by atoms with Crippen molar-refractivity contribution < 1.29 is 0 Å². The second-order valence-corrected chi connectivity index (χ2v) is 6.37. The van der Waals surface area contributed by atoms with Crippen molar-refractivity contribution in [3.63, 3.8) is 0 Å². The zero-order valence-electron chi connectivity index (χ0n) is 11.8. The minimum absolute atomic E-state index is 0.351. The molecular formula is C11H12BrN7O2S. The van der Waals surface area contributed by atoms with Crippen LogP contribution in [-0.4, -0.2) is 39.6 Å². The number of thioether (sulfide) groups is 1. The van der Waals surface area contributed by atoms with E-state index in [-0.39, 0.29) is 0 Å². The fraction of sp³-hybridized carbons (Fsp3) is 0.364. The molecule has 9 nitrogen and oxygen atoms in total. The molecule has 0 saturated carbocycles. The molecular weight excluding hydrogens is 374 g/mol. The van der Waals surface area contributed by atoms with E-state index in [1.165, 1.54) is 16.3 Å². The Bertz CT molecular complexity index is 954. The van der Waals surface area contributed by atoms with Gasteiger partial charge in [0.25, 0.3) is 5.56 Å². The molecule has 0 radical (unpaired) electrons. The number of aromatic nitrogens is 7. The summed E-state index contributed by atoms with van der Waals surface area (Å²) < 4.78 is 5.38. The van der Waals surface area contributed by atoms with Gasteiger partial charge in [-0.25, -0.2) is 9.78 Å². The van der Waals surface area contributed by atoms with Crippen LogP contribution in [0.2, 0.25) is 0 Å². The lowest BCUT2D eigenvalue weighted by molar-refractivity contribution is 0.756. The number of nitrogens with one attached hydrogen (secondary N) is 1. The molecule has 1 N–H and O–H groups in total. The Morgan fingerprint density at radius 2 is 2.14 bits per heavy atom. The summed E-state index contributed by atoms with van der Waals surface area (Å²) in [4.78, 5) is 30.2. The van der Waals surface area contributed by atoms with Crippen LogP contribution in [0.3, 0.4) is 0 Å². The van der Waals surface area contributed by atoms with Gasteiger partial charge in [0.1, 0.15) is 6.33 Å². The number of hydrogen-bond donors (Lipinski definition) is 1. The van der Waals surface area contributed by atoms with E-state index >= 15 is 0 Å². The van der Waals surface area contributed by atoms with Crippen molar-refractivity contribution in [3.05, 3.63) is 31.9 Å². The molecule has 22 heavy (non-hydrogen) atoms. The number of H-pyrrole nitrogens is 1. The summed E-state index contributed by atoms with van der Waals surface area (Å²) in [6.45, 7) is 0.538. The molecule has 116 valence electrons. The second kappa shape index (κ2) is 5.72. The zero-order chi connectivity index (χ0) is 15.9. The first-order valence-electron chi connectivity index (χ1n) is 6.31. The Morgan fingerprint density at radius 3 is 2.82 bits per heavy atom. The topological polar surface area (TPSA) is 103 Å². The van der Waals surface area contributed by atoms with Gasteiger partial charge in [0.2, 0.25) is 0 Å². The summed E-state index contributed by atoms with van der Waals surface area (Å²) >= 11 is 4.86. The van der Waals surface area contributed by atoms with Gasteiger partial charge >= 0.3 is 5.69 Å². The van der Waals surface area contributed by atoms with E-state index < -0.39 is 11.2 Å². The largest absolute Gasteiger partial charge is 0.329 e. The number of aryl methyl sites for hydroxylation is 3. The number of nitrogens with zero attached hydrogens (tertiary/aromatic N) is 6. The van der Waals surface area contributed by atoms with Gasteiger partial charge < -0.3 is 9.13 Å². The Hall–Kier alpha value is -1.88. The molecule has 0 saturated heterocycles. The van der Waals surface area contributed by atoms with E-state index in [9.17, 15) is 9.59 Å². The van der Waals surface area contributed by atoms with Gasteiger partial charge in [-0.15, -0.1) is 10.2 Å². The van der Waals surface area contributed by atoms with Crippen LogP contribution >= 0.6 is 27.7 Å². The van der Waals surface area contributed by atoms with Crippen molar-refractivity contribution in [3.8, 4) is 0 Å². The first-order chi connectivity index (χ1) is 10.5. The van der Waals surface area contributed by atoms with E-state index in [1.54, 1.807) is 17.9 Å². The van der Waals surface area contributed by atoms with Crippen molar-refractivity contribution in [1.29, 1.82) is 0 Å². The third-order valence-corrected chi connectivity index (χ3v) is 4.80. The Morgan fingerprint density at radius 1 is 1.36 bits per heavy atom. The van der Waals surface area contributed by atoms with Crippen LogP contribution in [0, 0.1) is 0 Å². The van der Waals surface area contributed by atoms with Gasteiger partial charge in [0.15, 0.2) is 21.1 Å². The molecule has 0 spiro atoms. The molecule has 3 aromatic rings. The van der Waals surface area contributed by atoms with E-state index in [0.717, 1.165) is 5.16 Å². The predicted octanol–water partition coefficient (Wildman–Crippen LogP) is 0.107. The molecule has 3 heterocycles. The van der Waals surface area contributed by atoms with Crippen molar-refractivity contribution in [2.45, 2.75) is 11.7 Å². The minimum Gasteiger partial charge on any atom is -0.312 e. The zero-order valence-corrected chi connectivity index (χ0v) is 14.2. The van der Waals surface area contributed by atoms with Crippen LogP contribution in [0.4, 0.5) is 0 Å². The molecule has 11 heteroatoms. The molecule has 0 fully saturated rings. The lowest BCUT2D eigenvalue weighted by Crippen LogP contribution is -2.29. The van der Waals surface area contributed by atoms with Gasteiger partial charge in [0, 0.05) is 26.4 Å². The van der Waals surface area contributed by atoms with Gasteiger partial charge in [-0.3, -0.25) is 14.3 Å². The van der Waals surface area contributed by atoms with Gasteiger partial charge in [-0.1, -0.05) is 11.8 Å². The number of imidazole rings is 1. The maximum atomic E-state index is 12.0. The van der Waals surface area contributed by atoms with Crippen LogP contribution in [0.5, 0.6) is 0 Å². The summed E-state index contributed by atoms with van der Waals surface area (Å²) in [7, 11) is 3.43. The molecule has 0 aromatic carbocycles. The van der Waals surface area contributed by atoms with Crippen LogP contribution in [0.15, 0.2) is 25.8 Å². The van der Waals surface area contributed by atoms with E-state index in [2.05, 4.69) is 36.1 Å².